The third-order valence-electron chi connectivity index (χ3n) is 3.86. The molecule has 0 saturated carbocycles. The van der Waals surface area contributed by atoms with Crippen LogP contribution in [0.25, 0.3) is 0 Å². The van der Waals surface area contributed by atoms with Gasteiger partial charge in [0.15, 0.2) is 0 Å². The van der Waals surface area contributed by atoms with E-state index in [4.69, 9.17) is 9.47 Å². The Balaban J connectivity index is 1.96. The van der Waals surface area contributed by atoms with E-state index < -0.39 is 5.92 Å². The molecule has 138 valence electrons. The van der Waals surface area contributed by atoms with E-state index >= 15 is 0 Å². The smallest absolute Gasteiger partial charge is 0.310 e. The molecule has 0 radical (unpaired) electrons. The van der Waals surface area contributed by atoms with E-state index in [1.165, 1.54) is 7.11 Å². The lowest BCUT2D eigenvalue weighted by molar-refractivity contribution is -0.146. The van der Waals surface area contributed by atoms with Gasteiger partial charge in [0, 0.05) is 12.7 Å². The first-order valence-electron chi connectivity index (χ1n) is 8.53. The van der Waals surface area contributed by atoms with Crippen molar-refractivity contribution in [2.75, 3.05) is 20.3 Å². The van der Waals surface area contributed by atoms with E-state index in [2.05, 4.69) is 4.98 Å². The highest BCUT2D eigenvalue weighted by Crippen LogP contribution is 2.11. The maximum absolute atomic E-state index is 12.7. The molecule has 0 spiro atoms. The lowest BCUT2D eigenvalue weighted by Crippen LogP contribution is -2.37. The summed E-state index contributed by atoms with van der Waals surface area (Å²) < 4.78 is 10.4. The molecule has 1 amide bonds. The summed E-state index contributed by atoms with van der Waals surface area (Å²) in [4.78, 5) is 30.3. The Labute approximate surface area is 153 Å². The van der Waals surface area contributed by atoms with Crippen LogP contribution in [0.3, 0.4) is 0 Å². The van der Waals surface area contributed by atoms with Crippen molar-refractivity contribution in [3.05, 3.63) is 60.4 Å². The molecular formula is C20H24N2O4. The second-order valence-corrected chi connectivity index (χ2v) is 5.93. The number of carbonyl (C=O) groups excluding carboxylic acids is 2. The minimum atomic E-state index is -0.414. The van der Waals surface area contributed by atoms with Crippen LogP contribution < -0.4 is 4.74 Å². The Morgan fingerprint density at radius 2 is 1.85 bits per heavy atom. The van der Waals surface area contributed by atoms with Crippen LogP contribution in [-0.4, -0.2) is 42.0 Å². The van der Waals surface area contributed by atoms with Gasteiger partial charge in [0.2, 0.25) is 5.91 Å². The minimum Gasteiger partial charge on any atom is -0.493 e. The van der Waals surface area contributed by atoms with Crippen LogP contribution in [0, 0.1) is 5.92 Å². The molecule has 1 unspecified atom stereocenters. The number of hydrogen-bond donors (Lipinski definition) is 0. The number of amides is 1. The molecule has 1 atom stereocenters. The number of methoxy groups -OCH3 is 1. The second-order valence-electron chi connectivity index (χ2n) is 5.93. The topological polar surface area (TPSA) is 68.7 Å². The summed E-state index contributed by atoms with van der Waals surface area (Å²) in [5.74, 6) is -0.131. The van der Waals surface area contributed by atoms with Gasteiger partial charge in [-0.3, -0.25) is 14.6 Å². The average Bonchev–Trinajstić information content (AvgIpc) is 2.68. The Bertz CT molecular complexity index is 691. The molecular weight excluding hydrogens is 332 g/mol. The van der Waals surface area contributed by atoms with Gasteiger partial charge in [0.25, 0.3) is 0 Å². The van der Waals surface area contributed by atoms with Crippen molar-refractivity contribution in [1.82, 2.24) is 9.88 Å². The molecule has 0 aliphatic heterocycles. The molecule has 1 aromatic heterocycles. The highest BCUT2D eigenvalue weighted by atomic mass is 16.5. The molecule has 2 rings (SSSR count). The number of nitrogens with zero attached hydrogens (tertiary/aromatic N) is 2. The Kier molecular flexibility index (Phi) is 7.61. The normalized spacial score (nSPS) is 11.5. The van der Waals surface area contributed by atoms with Crippen LogP contribution in [-0.2, 0) is 20.9 Å². The summed E-state index contributed by atoms with van der Waals surface area (Å²) in [5, 5.41) is 0. The van der Waals surface area contributed by atoms with Gasteiger partial charge in [-0.1, -0.05) is 31.2 Å². The zero-order chi connectivity index (χ0) is 18.8. The fourth-order valence-electron chi connectivity index (χ4n) is 2.48. The summed E-state index contributed by atoms with van der Waals surface area (Å²) >= 11 is 0. The third kappa shape index (κ3) is 6.20. The summed E-state index contributed by atoms with van der Waals surface area (Å²) in [5.41, 5.74) is 0.766. The van der Waals surface area contributed by atoms with Crippen LogP contribution in [0.1, 0.15) is 19.0 Å². The third-order valence-corrected chi connectivity index (χ3v) is 3.86. The van der Waals surface area contributed by atoms with Crippen molar-refractivity contribution in [3.8, 4) is 5.75 Å². The second kappa shape index (κ2) is 10.2. The SMILES string of the molecule is COC(=O)C(C)CN(Cc1ccccn1)C(=O)CCOc1ccccc1. The van der Waals surface area contributed by atoms with Crippen molar-refractivity contribution in [2.24, 2.45) is 5.92 Å². The van der Waals surface area contributed by atoms with Crippen LogP contribution in [0.4, 0.5) is 0 Å². The maximum Gasteiger partial charge on any atom is 0.310 e. The predicted molar refractivity (Wildman–Crippen MR) is 97.4 cm³/mol. The van der Waals surface area contributed by atoms with Gasteiger partial charge in [-0.05, 0) is 24.3 Å². The number of rotatable bonds is 9. The molecule has 0 bridgehead atoms. The van der Waals surface area contributed by atoms with E-state index in [1.54, 1.807) is 18.0 Å². The number of pyridine rings is 1. The highest BCUT2D eigenvalue weighted by Gasteiger charge is 2.22. The van der Waals surface area contributed by atoms with Gasteiger partial charge in [0.05, 0.1) is 38.3 Å². The molecule has 0 aliphatic rings. The zero-order valence-corrected chi connectivity index (χ0v) is 15.1. The Morgan fingerprint density at radius 1 is 1.12 bits per heavy atom. The van der Waals surface area contributed by atoms with Crippen molar-refractivity contribution >= 4 is 11.9 Å². The quantitative estimate of drug-likeness (QED) is 0.646. The molecule has 0 fully saturated rings. The molecule has 0 N–H and O–H groups in total. The summed E-state index contributed by atoms with van der Waals surface area (Å²) in [6.07, 6.45) is 1.90. The lowest BCUT2D eigenvalue weighted by Gasteiger charge is -2.25. The number of carbonyl (C=O) groups is 2. The van der Waals surface area contributed by atoms with Crippen molar-refractivity contribution < 1.29 is 19.1 Å². The highest BCUT2D eigenvalue weighted by molar-refractivity contribution is 5.78. The summed E-state index contributed by atoms with van der Waals surface area (Å²) in [7, 11) is 1.34. The fourth-order valence-corrected chi connectivity index (χ4v) is 2.48. The van der Waals surface area contributed by atoms with Gasteiger partial charge < -0.3 is 14.4 Å². The Hall–Kier alpha value is -2.89. The zero-order valence-electron chi connectivity index (χ0n) is 15.1. The average molecular weight is 356 g/mol. The van der Waals surface area contributed by atoms with Gasteiger partial charge in [-0.25, -0.2) is 0 Å². The number of esters is 1. The maximum atomic E-state index is 12.7. The number of aromatic nitrogens is 1. The monoisotopic (exact) mass is 356 g/mol. The van der Waals surface area contributed by atoms with Crippen LogP contribution in [0.5, 0.6) is 5.75 Å². The van der Waals surface area contributed by atoms with Gasteiger partial charge in [0.1, 0.15) is 5.75 Å². The van der Waals surface area contributed by atoms with E-state index in [0.717, 1.165) is 11.4 Å². The van der Waals surface area contributed by atoms with Gasteiger partial charge in [-0.15, -0.1) is 0 Å². The Morgan fingerprint density at radius 3 is 2.50 bits per heavy atom. The lowest BCUT2D eigenvalue weighted by atomic mass is 10.1. The van der Waals surface area contributed by atoms with E-state index in [1.807, 2.05) is 48.5 Å². The van der Waals surface area contributed by atoms with Crippen LogP contribution in [0.15, 0.2) is 54.7 Å². The van der Waals surface area contributed by atoms with Crippen molar-refractivity contribution in [2.45, 2.75) is 19.9 Å². The van der Waals surface area contributed by atoms with E-state index in [0.29, 0.717) is 6.54 Å². The largest absolute Gasteiger partial charge is 0.493 e. The van der Waals surface area contributed by atoms with Crippen LogP contribution in [0.2, 0.25) is 0 Å². The molecule has 2 aromatic rings. The van der Waals surface area contributed by atoms with Gasteiger partial charge in [-0.2, -0.15) is 0 Å². The number of hydrogen-bond acceptors (Lipinski definition) is 5. The standard InChI is InChI=1S/C20H24N2O4/c1-16(20(24)25-2)14-22(15-17-8-6-7-12-21-17)19(23)11-13-26-18-9-4-3-5-10-18/h3-10,12,16H,11,13-15H2,1-2H3. The molecule has 1 aromatic carbocycles. The first-order valence-corrected chi connectivity index (χ1v) is 8.53. The summed E-state index contributed by atoms with van der Waals surface area (Å²) in [6.45, 7) is 2.62. The molecule has 6 heteroatoms. The first kappa shape index (κ1) is 19.4. The number of benzene rings is 1. The fraction of sp³-hybridized carbons (Fsp3) is 0.350. The molecule has 1 heterocycles. The number of para-hydroxylation sites is 1. The summed E-state index contributed by atoms with van der Waals surface area (Å²) in [6, 6.07) is 14.9. The van der Waals surface area contributed by atoms with E-state index in [-0.39, 0.29) is 31.4 Å². The molecule has 0 aliphatic carbocycles. The molecule has 0 saturated heterocycles. The first-order chi connectivity index (χ1) is 12.6. The number of ether oxygens (including phenoxy) is 2. The van der Waals surface area contributed by atoms with Crippen LogP contribution >= 0.6 is 0 Å². The van der Waals surface area contributed by atoms with Crippen molar-refractivity contribution in [3.63, 3.8) is 0 Å². The van der Waals surface area contributed by atoms with Gasteiger partial charge >= 0.3 is 5.97 Å². The predicted octanol–water partition coefficient (Wildman–Crippen LogP) is 2.69. The minimum absolute atomic E-state index is 0.0951. The van der Waals surface area contributed by atoms with E-state index in [9.17, 15) is 9.59 Å². The van der Waals surface area contributed by atoms with Crippen molar-refractivity contribution in [1.29, 1.82) is 0 Å². The molecule has 26 heavy (non-hydrogen) atoms. The molecule has 6 nitrogen and oxygen atoms in total.